The standard InChI is InChI=1S/C16H13.2ClH.Ti/c1-12-10-14-8-5-9-15(16(14)11-12)13-6-3-2-4-7-13;;;/h2-11H,1H3;2*1H;/q-1;;;+3/p-2. The molecule has 3 heteroatoms. The summed E-state index contributed by atoms with van der Waals surface area (Å²) in [7, 11) is 0. The van der Waals surface area contributed by atoms with E-state index in [1.165, 1.54) is 27.5 Å². The second kappa shape index (κ2) is 7.82. The summed E-state index contributed by atoms with van der Waals surface area (Å²) in [6.45, 7) is 2.15. The van der Waals surface area contributed by atoms with Gasteiger partial charge >= 0.3 is 21.7 Å². The molecule has 0 aliphatic rings. The number of benzene rings is 2. The van der Waals surface area contributed by atoms with Gasteiger partial charge in [0.15, 0.2) is 0 Å². The van der Waals surface area contributed by atoms with Crippen molar-refractivity contribution in [3.8, 4) is 11.1 Å². The van der Waals surface area contributed by atoms with E-state index in [0.29, 0.717) is 0 Å². The van der Waals surface area contributed by atoms with Crippen LogP contribution in [0.15, 0.2) is 60.7 Å². The third-order valence-electron chi connectivity index (χ3n) is 2.98. The Morgan fingerprint density at radius 3 is 2.21 bits per heavy atom. The zero-order valence-electron chi connectivity index (χ0n) is 10.5. The molecule has 19 heavy (non-hydrogen) atoms. The maximum absolute atomic E-state index is 2.26. The van der Waals surface area contributed by atoms with E-state index in [4.69, 9.17) is 0 Å². The van der Waals surface area contributed by atoms with E-state index < -0.39 is 0 Å². The third-order valence-corrected chi connectivity index (χ3v) is 2.98. The summed E-state index contributed by atoms with van der Waals surface area (Å²) < 4.78 is 0. The Bertz CT molecular complexity index is 630. The largest absolute Gasteiger partial charge is 3.00 e. The van der Waals surface area contributed by atoms with Gasteiger partial charge in [-0.3, -0.25) is 0 Å². The summed E-state index contributed by atoms with van der Waals surface area (Å²) in [4.78, 5) is 0. The smallest absolute Gasteiger partial charge is 1.00 e. The molecule has 95 valence electrons. The number of rotatable bonds is 1. The third kappa shape index (κ3) is 3.67. The van der Waals surface area contributed by atoms with Crippen LogP contribution in [0.1, 0.15) is 5.56 Å². The van der Waals surface area contributed by atoms with Crippen molar-refractivity contribution >= 4 is 10.8 Å². The van der Waals surface area contributed by atoms with E-state index in [2.05, 4.69) is 67.6 Å². The number of hydrogen-bond donors (Lipinski definition) is 0. The molecule has 3 rings (SSSR count). The number of aryl methyl sites for hydroxylation is 1. The molecular weight excluding hydrogens is 311 g/mol. The maximum atomic E-state index is 2.26. The molecule has 1 radical (unpaired) electrons. The molecule has 0 N–H and O–H groups in total. The Balaban J connectivity index is 0.00000108. The molecule has 0 fully saturated rings. The Hall–Kier alpha value is -0.656. The van der Waals surface area contributed by atoms with E-state index in [1.807, 2.05) is 0 Å². The SMILES string of the molecule is Cc1cc2c(-c3ccccc3)cccc2[cH-]1.[Cl-].[Cl-].[Ti+3]. The van der Waals surface area contributed by atoms with E-state index in [0.717, 1.165) is 0 Å². The van der Waals surface area contributed by atoms with Crippen molar-refractivity contribution in [3.05, 3.63) is 66.2 Å². The van der Waals surface area contributed by atoms with E-state index in [9.17, 15) is 0 Å². The molecule has 0 bridgehead atoms. The number of fused-ring (bicyclic) bond motifs is 1. The van der Waals surface area contributed by atoms with Crippen LogP contribution in [0, 0.1) is 6.92 Å². The minimum atomic E-state index is 0. The first-order valence-corrected chi connectivity index (χ1v) is 5.56. The molecular formula is C16H13Cl2Ti. The number of halogens is 2. The van der Waals surface area contributed by atoms with Crippen molar-refractivity contribution in [2.45, 2.75) is 6.92 Å². The van der Waals surface area contributed by atoms with Gasteiger partial charge in [-0.25, -0.2) is 0 Å². The molecule has 0 amide bonds. The zero-order valence-corrected chi connectivity index (χ0v) is 13.6. The second-order valence-corrected chi connectivity index (χ2v) is 4.21. The van der Waals surface area contributed by atoms with Crippen LogP contribution in [-0.2, 0) is 21.7 Å². The van der Waals surface area contributed by atoms with Gasteiger partial charge < -0.3 is 24.8 Å². The first-order valence-electron chi connectivity index (χ1n) is 5.56. The second-order valence-electron chi connectivity index (χ2n) is 4.21. The molecule has 3 aromatic carbocycles. The van der Waals surface area contributed by atoms with Crippen LogP contribution < -0.4 is 24.8 Å². The Morgan fingerprint density at radius 1 is 0.842 bits per heavy atom. The Kier molecular flexibility index (Phi) is 7.55. The maximum Gasteiger partial charge on any atom is 3.00 e. The van der Waals surface area contributed by atoms with Crippen LogP contribution in [0.25, 0.3) is 21.9 Å². The van der Waals surface area contributed by atoms with Gasteiger partial charge in [0.05, 0.1) is 0 Å². The van der Waals surface area contributed by atoms with Crippen LogP contribution in [0.5, 0.6) is 0 Å². The molecule has 0 heterocycles. The molecule has 0 saturated carbocycles. The molecule has 0 unspecified atom stereocenters. The normalized spacial score (nSPS) is 9.11. The summed E-state index contributed by atoms with van der Waals surface area (Å²) >= 11 is 0. The van der Waals surface area contributed by atoms with Gasteiger partial charge in [-0.1, -0.05) is 48.9 Å². The minimum absolute atomic E-state index is 0. The van der Waals surface area contributed by atoms with Crippen molar-refractivity contribution in [2.24, 2.45) is 0 Å². The van der Waals surface area contributed by atoms with Gasteiger partial charge in [0, 0.05) is 0 Å². The fourth-order valence-corrected chi connectivity index (χ4v) is 2.25. The monoisotopic (exact) mass is 323 g/mol. The van der Waals surface area contributed by atoms with Crippen LogP contribution in [0.2, 0.25) is 0 Å². The molecule has 0 atom stereocenters. The molecule has 0 spiro atoms. The first-order chi connectivity index (χ1) is 7.84. The summed E-state index contributed by atoms with van der Waals surface area (Å²) in [5, 5.41) is 2.69. The molecule has 3 aromatic rings. The minimum Gasteiger partial charge on any atom is -1.00 e. The van der Waals surface area contributed by atoms with Gasteiger partial charge in [-0.05, 0) is 5.56 Å². The van der Waals surface area contributed by atoms with Crippen molar-refractivity contribution in [1.29, 1.82) is 0 Å². The fraction of sp³-hybridized carbons (Fsp3) is 0.0625. The number of hydrogen-bond acceptors (Lipinski definition) is 0. The zero-order chi connectivity index (χ0) is 11.0. The molecule has 0 aliphatic carbocycles. The molecule has 0 saturated heterocycles. The summed E-state index contributed by atoms with van der Waals surface area (Å²) in [6.07, 6.45) is 0. The van der Waals surface area contributed by atoms with Crippen LogP contribution in [0.4, 0.5) is 0 Å². The fourth-order valence-electron chi connectivity index (χ4n) is 2.25. The summed E-state index contributed by atoms with van der Waals surface area (Å²) in [5.74, 6) is 0. The molecule has 0 nitrogen and oxygen atoms in total. The predicted octanol–water partition coefficient (Wildman–Crippen LogP) is -1.46. The van der Waals surface area contributed by atoms with Gasteiger partial charge in [-0.15, -0.1) is 34.5 Å². The van der Waals surface area contributed by atoms with E-state index >= 15 is 0 Å². The van der Waals surface area contributed by atoms with Gasteiger partial charge in [0.25, 0.3) is 0 Å². The van der Waals surface area contributed by atoms with Crippen LogP contribution >= 0.6 is 0 Å². The first kappa shape index (κ1) is 18.3. The Labute approximate surface area is 141 Å². The van der Waals surface area contributed by atoms with E-state index in [1.54, 1.807) is 0 Å². The van der Waals surface area contributed by atoms with Crippen LogP contribution in [0.3, 0.4) is 0 Å². The van der Waals surface area contributed by atoms with Crippen LogP contribution in [-0.4, -0.2) is 0 Å². The van der Waals surface area contributed by atoms with Gasteiger partial charge in [-0.2, -0.15) is 6.07 Å². The molecule has 0 aromatic heterocycles. The summed E-state index contributed by atoms with van der Waals surface area (Å²) in [6, 6.07) is 21.6. The van der Waals surface area contributed by atoms with Crippen molar-refractivity contribution in [1.82, 2.24) is 0 Å². The predicted molar refractivity (Wildman–Crippen MR) is 69.7 cm³/mol. The molecule has 0 aliphatic heterocycles. The quantitative estimate of drug-likeness (QED) is 0.379. The van der Waals surface area contributed by atoms with Crippen molar-refractivity contribution in [3.63, 3.8) is 0 Å². The van der Waals surface area contributed by atoms with E-state index in [-0.39, 0.29) is 46.5 Å². The Morgan fingerprint density at radius 2 is 1.53 bits per heavy atom. The topological polar surface area (TPSA) is 0 Å². The van der Waals surface area contributed by atoms with Crippen molar-refractivity contribution in [2.75, 3.05) is 0 Å². The average Bonchev–Trinajstić information content (AvgIpc) is 2.70. The van der Waals surface area contributed by atoms with Crippen molar-refractivity contribution < 1.29 is 46.5 Å². The average molecular weight is 324 g/mol. The summed E-state index contributed by atoms with van der Waals surface area (Å²) in [5.41, 5.74) is 3.95. The van der Waals surface area contributed by atoms with Gasteiger partial charge in [0.1, 0.15) is 0 Å². The van der Waals surface area contributed by atoms with Gasteiger partial charge in [0.2, 0.25) is 0 Å².